The van der Waals surface area contributed by atoms with Gasteiger partial charge < -0.3 is 10.6 Å². The monoisotopic (exact) mass is 452 g/mol. The van der Waals surface area contributed by atoms with E-state index in [1.807, 2.05) is 6.92 Å². The summed E-state index contributed by atoms with van der Waals surface area (Å²) in [7, 11) is 0. The van der Waals surface area contributed by atoms with E-state index >= 15 is 0 Å². The SMILES string of the molecule is CCCCC(CC)NC(=O)Cn1nc(C(=O)NCc2ccc(Cl)cc2Cl)cc1C=O. The number of hydrogen-bond donors (Lipinski definition) is 2. The highest BCUT2D eigenvalue weighted by Crippen LogP contribution is 2.20. The highest BCUT2D eigenvalue weighted by atomic mass is 35.5. The number of hydrogen-bond acceptors (Lipinski definition) is 4. The van der Waals surface area contributed by atoms with E-state index in [0.717, 1.165) is 25.7 Å². The van der Waals surface area contributed by atoms with E-state index in [1.165, 1.54) is 10.7 Å². The van der Waals surface area contributed by atoms with Crippen molar-refractivity contribution < 1.29 is 14.4 Å². The molecule has 1 aromatic carbocycles. The van der Waals surface area contributed by atoms with Gasteiger partial charge in [-0.25, -0.2) is 0 Å². The van der Waals surface area contributed by atoms with Crippen LogP contribution in [-0.4, -0.2) is 33.9 Å². The Kier molecular flexibility index (Phi) is 9.33. The van der Waals surface area contributed by atoms with Crippen molar-refractivity contribution >= 4 is 41.3 Å². The van der Waals surface area contributed by atoms with Gasteiger partial charge >= 0.3 is 0 Å². The molecule has 2 N–H and O–H groups in total. The molecule has 0 aliphatic rings. The van der Waals surface area contributed by atoms with E-state index in [4.69, 9.17) is 23.2 Å². The smallest absolute Gasteiger partial charge is 0.272 e. The quantitative estimate of drug-likeness (QED) is 0.503. The summed E-state index contributed by atoms with van der Waals surface area (Å²) in [6, 6.07) is 6.42. The molecule has 9 heteroatoms. The third-order valence-corrected chi connectivity index (χ3v) is 5.26. The van der Waals surface area contributed by atoms with Crippen LogP contribution in [0.4, 0.5) is 0 Å². The number of rotatable bonds is 11. The fourth-order valence-electron chi connectivity index (χ4n) is 2.93. The third-order valence-electron chi connectivity index (χ3n) is 4.68. The van der Waals surface area contributed by atoms with Crippen LogP contribution in [-0.2, 0) is 17.9 Å². The van der Waals surface area contributed by atoms with Crippen molar-refractivity contribution in [3.8, 4) is 0 Å². The maximum absolute atomic E-state index is 12.4. The molecule has 162 valence electrons. The van der Waals surface area contributed by atoms with E-state index in [9.17, 15) is 14.4 Å². The molecular formula is C21H26Cl2N4O3. The fourth-order valence-corrected chi connectivity index (χ4v) is 3.41. The lowest BCUT2D eigenvalue weighted by atomic mass is 10.1. The number of amides is 2. The molecule has 1 atom stereocenters. The predicted octanol–water partition coefficient (Wildman–Crippen LogP) is 4.02. The minimum Gasteiger partial charge on any atom is -0.352 e. The molecule has 0 aliphatic carbocycles. The molecule has 2 aromatic rings. The second-order valence-corrected chi connectivity index (χ2v) is 7.81. The molecule has 1 aromatic heterocycles. The maximum Gasteiger partial charge on any atom is 0.272 e. The summed E-state index contributed by atoms with van der Waals surface area (Å²) >= 11 is 12.0. The lowest BCUT2D eigenvalue weighted by Gasteiger charge is -2.16. The van der Waals surface area contributed by atoms with Gasteiger partial charge in [-0.3, -0.25) is 19.1 Å². The Labute approximate surface area is 186 Å². The highest BCUT2D eigenvalue weighted by molar-refractivity contribution is 6.35. The standard InChI is InChI=1S/C21H26Cl2N4O3/c1-3-5-6-16(4-2)25-20(29)12-27-17(13-28)10-19(26-27)21(30)24-11-14-7-8-15(22)9-18(14)23/h7-10,13,16H,3-6,11-12H2,1-2H3,(H,24,30)(H,25,29). The number of nitrogens with one attached hydrogen (secondary N) is 2. The van der Waals surface area contributed by atoms with E-state index in [-0.39, 0.29) is 36.4 Å². The number of nitrogens with zero attached hydrogens (tertiary/aromatic N) is 2. The molecule has 0 spiro atoms. The minimum absolute atomic E-state index is 0.0491. The fraction of sp³-hybridized carbons (Fsp3) is 0.429. The first-order chi connectivity index (χ1) is 14.4. The Bertz CT molecular complexity index is 898. The van der Waals surface area contributed by atoms with Gasteiger partial charge in [-0.2, -0.15) is 5.10 Å². The lowest BCUT2D eigenvalue weighted by molar-refractivity contribution is -0.122. The van der Waals surface area contributed by atoms with Gasteiger partial charge in [0, 0.05) is 22.6 Å². The van der Waals surface area contributed by atoms with E-state index in [2.05, 4.69) is 22.7 Å². The molecule has 0 saturated heterocycles. The zero-order valence-corrected chi connectivity index (χ0v) is 18.6. The van der Waals surface area contributed by atoms with Crippen LogP contribution in [0.5, 0.6) is 0 Å². The van der Waals surface area contributed by atoms with E-state index in [0.29, 0.717) is 21.9 Å². The largest absolute Gasteiger partial charge is 0.352 e. The molecule has 1 heterocycles. The summed E-state index contributed by atoms with van der Waals surface area (Å²) in [5, 5.41) is 10.7. The summed E-state index contributed by atoms with van der Waals surface area (Å²) in [6.45, 7) is 4.16. The van der Waals surface area contributed by atoms with Crippen LogP contribution in [0.25, 0.3) is 0 Å². The van der Waals surface area contributed by atoms with Crippen molar-refractivity contribution in [1.82, 2.24) is 20.4 Å². The molecule has 2 amide bonds. The molecule has 7 nitrogen and oxygen atoms in total. The Morgan fingerprint density at radius 3 is 2.63 bits per heavy atom. The van der Waals surface area contributed by atoms with Gasteiger partial charge in [-0.05, 0) is 36.6 Å². The van der Waals surface area contributed by atoms with E-state index in [1.54, 1.807) is 18.2 Å². The number of unbranched alkanes of at least 4 members (excludes halogenated alkanes) is 1. The van der Waals surface area contributed by atoms with Crippen molar-refractivity contribution in [3.05, 3.63) is 51.3 Å². The number of aldehydes is 1. The molecule has 2 rings (SSSR count). The number of carbonyl (C=O) groups excluding carboxylic acids is 3. The molecule has 1 unspecified atom stereocenters. The molecule has 0 radical (unpaired) electrons. The van der Waals surface area contributed by atoms with Gasteiger partial charge in [-0.1, -0.05) is 56.0 Å². The first-order valence-electron chi connectivity index (χ1n) is 9.92. The zero-order valence-electron chi connectivity index (χ0n) is 17.1. The zero-order chi connectivity index (χ0) is 22.1. The van der Waals surface area contributed by atoms with Gasteiger partial charge in [-0.15, -0.1) is 0 Å². The Morgan fingerprint density at radius 1 is 1.23 bits per heavy atom. The predicted molar refractivity (Wildman–Crippen MR) is 117 cm³/mol. The lowest BCUT2D eigenvalue weighted by Crippen LogP contribution is -2.37. The first kappa shape index (κ1) is 23.9. The van der Waals surface area contributed by atoms with Crippen molar-refractivity contribution in [2.45, 2.75) is 58.7 Å². The number of aromatic nitrogens is 2. The van der Waals surface area contributed by atoms with Crippen LogP contribution in [0.1, 0.15) is 66.1 Å². The van der Waals surface area contributed by atoms with Gasteiger partial charge in [0.1, 0.15) is 12.2 Å². The summed E-state index contributed by atoms with van der Waals surface area (Å²) in [6.07, 6.45) is 4.38. The third kappa shape index (κ3) is 6.85. The van der Waals surface area contributed by atoms with Crippen molar-refractivity contribution in [1.29, 1.82) is 0 Å². The van der Waals surface area contributed by atoms with Crippen LogP contribution in [0, 0.1) is 0 Å². The second-order valence-electron chi connectivity index (χ2n) is 6.96. The average molecular weight is 453 g/mol. The summed E-state index contributed by atoms with van der Waals surface area (Å²) in [5.74, 6) is -0.721. The summed E-state index contributed by atoms with van der Waals surface area (Å²) < 4.78 is 1.24. The molecule has 0 bridgehead atoms. The minimum atomic E-state index is -0.474. The Morgan fingerprint density at radius 2 is 2.00 bits per heavy atom. The number of benzene rings is 1. The first-order valence-corrected chi connectivity index (χ1v) is 10.7. The molecule has 0 saturated carbocycles. The van der Waals surface area contributed by atoms with Crippen molar-refractivity contribution in [2.24, 2.45) is 0 Å². The van der Waals surface area contributed by atoms with Gasteiger partial charge in [0.2, 0.25) is 5.91 Å². The number of carbonyl (C=O) groups is 3. The second kappa shape index (κ2) is 11.7. The van der Waals surface area contributed by atoms with Gasteiger partial charge in [0.25, 0.3) is 5.91 Å². The summed E-state index contributed by atoms with van der Waals surface area (Å²) in [4.78, 5) is 36.2. The molecule has 0 fully saturated rings. The molecule has 0 aliphatic heterocycles. The number of halogens is 2. The molecule has 30 heavy (non-hydrogen) atoms. The van der Waals surface area contributed by atoms with Crippen molar-refractivity contribution in [3.63, 3.8) is 0 Å². The van der Waals surface area contributed by atoms with E-state index < -0.39 is 5.91 Å². The van der Waals surface area contributed by atoms with Crippen LogP contribution in [0.15, 0.2) is 24.3 Å². The van der Waals surface area contributed by atoms with Gasteiger partial charge in [0.05, 0.1) is 0 Å². The summed E-state index contributed by atoms with van der Waals surface area (Å²) in [5.41, 5.74) is 0.899. The molecular weight excluding hydrogens is 427 g/mol. The van der Waals surface area contributed by atoms with Crippen LogP contribution >= 0.6 is 23.2 Å². The van der Waals surface area contributed by atoms with Gasteiger partial charge in [0.15, 0.2) is 12.0 Å². The van der Waals surface area contributed by atoms with Crippen LogP contribution in [0.2, 0.25) is 10.0 Å². The normalized spacial score (nSPS) is 11.7. The Hall–Kier alpha value is -2.38. The van der Waals surface area contributed by atoms with Crippen molar-refractivity contribution in [2.75, 3.05) is 0 Å². The highest BCUT2D eigenvalue weighted by Gasteiger charge is 2.17. The van der Waals surface area contributed by atoms with Crippen LogP contribution < -0.4 is 10.6 Å². The maximum atomic E-state index is 12.4. The van der Waals surface area contributed by atoms with Crippen LogP contribution in [0.3, 0.4) is 0 Å². The average Bonchev–Trinajstić information content (AvgIpc) is 3.13. The Balaban J connectivity index is 2.01. The topological polar surface area (TPSA) is 93.1 Å².